The first-order valence-corrected chi connectivity index (χ1v) is 5.81. The van der Waals surface area contributed by atoms with Crippen LogP contribution in [0.25, 0.3) is 0 Å². The first kappa shape index (κ1) is 13.5. The van der Waals surface area contributed by atoms with Crippen LogP contribution in [-0.4, -0.2) is 22.2 Å². The number of phenols is 1. The highest BCUT2D eigenvalue weighted by Crippen LogP contribution is 2.24. The molecule has 0 aliphatic rings. The summed E-state index contributed by atoms with van der Waals surface area (Å²) < 4.78 is 0. The molecule has 1 rings (SSSR count). The summed E-state index contributed by atoms with van der Waals surface area (Å²) in [6, 6.07) is 2.68. The van der Waals surface area contributed by atoms with Gasteiger partial charge < -0.3 is 15.9 Å². The molecule has 0 heterocycles. The van der Waals surface area contributed by atoms with Crippen LogP contribution in [0.5, 0.6) is 5.75 Å². The first-order chi connectivity index (χ1) is 7.99. The van der Waals surface area contributed by atoms with E-state index in [9.17, 15) is 9.90 Å². The summed E-state index contributed by atoms with van der Waals surface area (Å²) in [5.74, 6) is -0.727. The van der Waals surface area contributed by atoms with Gasteiger partial charge in [-0.1, -0.05) is 19.9 Å². The van der Waals surface area contributed by atoms with Gasteiger partial charge in [0, 0.05) is 0 Å². The van der Waals surface area contributed by atoms with Crippen LogP contribution in [0, 0.1) is 0 Å². The molecule has 1 aromatic carbocycles. The predicted octanol–water partition coefficient (Wildman–Crippen LogP) is 1.47. The Labute approximate surface area is 101 Å². The van der Waals surface area contributed by atoms with Crippen molar-refractivity contribution in [1.29, 1.82) is 0 Å². The lowest BCUT2D eigenvalue weighted by Crippen LogP contribution is -2.32. The molecule has 4 N–H and O–H groups in total. The lowest BCUT2D eigenvalue weighted by molar-refractivity contribution is -0.138. The van der Waals surface area contributed by atoms with Crippen LogP contribution < -0.4 is 5.73 Å². The van der Waals surface area contributed by atoms with Crippen molar-refractivity contribution in [3.8, 4) is 5.75 Å². The number of aliphatic carboxylic acids is 1. The van der Waals surface area contributed by atoms with Crippen LogP contribution in [0.3, 0.4) is 0 Å². The highest BCUT2D eigenvalue weighted by atomic mass is 16.4. The maximum Gasteiger partial charge on any atom is 0.320 e. The monoisotopic (exact) mass is 237 g/mol. The fourth-order valence-electron chi connectivity index (χ4n) is 1.85. The van der Waals surface area contributed by atoms with Crippen LogP contribution >= 0.6 is 0 Å². The Morgan fingerprint density at radius 2 is 1.82 bits per heavy atom. The Morgan fingerprint density at radius 3 is 2.29 bits per heavy atom. The molecular weight excluding hydrogens is 218 g/mol. The minimum atomic E-state index is -1.00. The number of carbonyl (C=O) groups is 1. The second kappa shape index (κ2) is 5.68. The molecule has 1 aromatic rings. The zero-order valence-corrected chi connectivity index (χ0v) is 10.2. The van der Waals surface area contributed by atoms with E-state index in [4.69, 9.17) is 10.8 Å². The Balaban J connectivity index is 3.08. The summed E-state index contributed by atoms with van der Waals surface area (Å²) in [5.41, 5.74) is 8.24. The SMILES string of the molecule is CCc1cc(C[C@H](N)C(=O)O)c(CC)cc1O. The van der Waals surface area contributed by atoms with E-state index in [-0.39, 0.29) is 5.75 Å². The molecular formula is C13H19NO3. The van der Waals surface area contributed by atoms with E-state index in [1.165, 1.54) is 0 Å². The molecule has 0 aliphatic heterocycles. The van der Waals surface area contributed by atoms with Crippen LogP contribution in [0.4, 0.5) is 0 Å². The predicted molar refractivity (Wildman–Crippen MR) is 66.2 cm³/mol. The molecule has 0 radical (unpaired) electrons. The van der Waals surface area contributed by atoms with Gasteiger partial charge in [0.1, 0.15) is 11.8 Å². The van der Waals surface area contributed by atoms with Gasteiger partial charge >= 0.3 is 5.97 Å². The Morgan fingerprint density at radius 1 is 1.24 bits per heavy atom. The first-order valence-electron chi connectivity index (χ1n) is 5.81. The molecule has 0 fully saturated rings. The van der Waals surface area contributed by atoms with Crippen molar-refractivity contribution < 1.29 is 15.0 Å². The van der Waals surface area contributed by atoms with Gasteiger partial charge in [-0.25, -0.2) is 0 Å². The fourth-order valence-corrected chi connectivity index (χ4v) is 1.85. The second-order valence-corrected chi connectivity index (χ2v) is 4.11. The minimum Gasteiger partial charge on any atom is -0.508 e. The van der Waals surface area contributed by atoms with Gasteiger partial charge in [0.2, 0.25) is 0 Å². The van der Waals surface area contributed by atoms with Gasteiger partial charge in [-0.05, 0) is 42.0 Å². The van der Waals surface area contributed by atoms with Gasteiger partial charge in [0.05, 0.1) is 0 Å². The zero-order chi connectivity index (χ0) is 13.0. The number of carboxylic acids is 1. The summed E-state index contributed by atoms with van der Waals surface area (Å²) in [6.45, 7) is 3.91. The molecule has 0 aromatic heterocycles. The fraction of sp³-hybridized carbons (Fsp3) is 0.462. The zero-order valence-electron chi connectivity index (χ0n) is 10.2. The van der Waals surface area contributed by atoms with Crippen LogP contribution in [0.2, 0.25) is 0 Å². The Kier molecular flexibility index (Phi) is 4.52. The number of aromatic hydroxyl groups is 1. The van der Waals surface area contributed by atoms with E-state index in [0.29, 0.717) is 12.8 Å². The highest BCUT2D eigenvalue weighted by Gasteiger charge is 2.15. The average Bonchev–Trinajstić information content (AvgIpc) is 2.30. The average molecular weight is 237 g/mol. The number of hydrogen-bond acceptors (Lipinski definition) is 3. The third kappa shape index (κ3) is 3.20. The molecule has 0 unspecified atom stereocenters. The van der Waals surface area contributed by atoms with Crippen LogP contribution in [0.1, 0.15) is 30.5 Å². The maximum atomic E-state index is 10.8. The molecule has 0 saturated heterocycles. The number of hydrogen-bond donors (Lipinski definition) is 3. The van der Waals surface area contributed by atoms with Gasteiger partial charge in [0.15, 0.2) is 0 Å². The molecule has 4 nitrogen and oxygen atoms in total. The van der Waals surface area contributed by atoms with Crippen molar-refractivity contribution in [1.82, 2.24) is 0 Å². The van der Waals surface area contributed by atoms with Crippen molar-refractivity contribution in [3.63, 3.8) is 0 Å². The van der Waals surface area contributed by atoms with E-state index in [1.54, 1.807) is 6.07 Å². The number of benzene rings is 1. The minimum absolute atomic E-state index is 0.275. The van der Waals surface area contributed by atoms with E-state index in [2.05, 4.69) is 0 Å². The van der Waals surface area contributed by atoms with Crippen molar-refractivity contribution in [3.05, 3.63) is 28.8 Å². The number of rotatable bonds is 5. The van der Waals surface area contributed by atoms with E-state index >= 15 is 0 Å². The molecule has 0 spiro atoms. The van der Waals surface area contributed by atoms with Crippen molar-refractivity contribution >= 4 is 5.97 Å². The van der Waals surface area contributed by atoms with Gasteiger partial charge in [-0.3, -0.25) is 4.79 Å². The summed E-state index contributed by atoms with van der Waals surface area (Å²) in [5, 5.41) is 18.6. The number of aryl methyl sites for hydroxylation is 2. The number of phenolic OH excluding ortho intramolecular Hbond substituents is 1. The van der Waals surface area contributed by atoms with Crippen LogP contribution in [-0.2, 0) is 24.1 Å². The molecule has 1 atom stereocenters. The molecule has 0 bridgehead atoms. The topological polar surface area (TPSA) is 83.6 Å². The number of nitrogens with two attached hydrogens (primary N) is 1. The van der Waals surface area contributed by atoms with Gasteiger partial charge in [0.25, 0.3) is 0 Å². The summed E-state index contributed by atoms with van der Waals surface area (Å²) in [7, 11) is 0. The van der Waals surface area contributed by atoms with Crippen molar-refractivity contribution in [2.75, 3.05) is 0 Å². The maximum absolute atomic E-state index is 10.8. The van der Waals surface area contributed by atoms with Gasteiger partial charge in [-0.2, -0.15) is 0 Å². The highest BCUT2D eigenvalue weighted by molar-refractivity contribution is 5.73. The normalized spacial score (nSPS) is 12.4. The largest absolute Gasteiger partial charge is 0.508 e. The van der Waals surface area contributed by atoms with Crippen LogP contribution in [0.15, 0.2) is 12.1 Å². The molecule has 0 saturated carbocycles. The van der Waals surface area contributed by atoms with Crippen molar-refractivity contribution in [2.45, 2.75) is 39.2 Å². The lowest BCUT2D eigenvalue weighted by Gasteiger charge is -2.14. The third-order valence-corrected chi connectivity index (χ3v) is 2.92. The Hall–Kier alpha value is -1.55. The van der Waals surface area contributed by atoms with Crippen molar-refractivity contribution in [2.24, 2.45) is 5.73 Å². The molecule has 17 heavy (non-hydrogen) atoms. The molecule has 94 valence electrons. The van der Waals surface area contributed by atoms with Gasteiger partial charge in [-0.15, -0.1) is 0 Å². The summed E-state index contributed by atoms with van der Waals surface area (Å²) in [4.78, 5) is 10.8. The second-order valence-electron chi connectivity index (χ2n) is 4.11. The summed E-state index contributed by atoms with van der Waals surface area (Å²) >= 11 is 0. The number of carboxylic acid groups (broad SMARTS) is 1. The summed E-state index contributed by atoms with van der Waals surface area (Å²) in [6.07, 6.45) is 1.76. The lowest BCUT2D eigenvalue weighted by atomic mass is 9.95. The van der Waals surface area contributed by atoms with E-state index in [1.807, 2.05) is 19.9 Å². The Bertz CT molecular complexity index is 415. The quantitative estimate of drug-likeness (QED) is 0.724. The standard InChI is InChI=1S/C13H19NO3/c1-3-8-7-12(15)9(4-2)5-10(8)6-11(14)13(16)17/h5,7,11,15H,3-4,6,14H2,1-2H3,(H,16,17)/t11-/m0/s1. The van der Waals surface area contributed by atoms with E-state index < -0.39 is 12.0 Å². The molecule has 4 heteroatoms. The van der Waals surface area contributed by atoms with E-state index in [0.717, 1.165) is 23.1 Å². The smallest absolute Gasteiger partial charge is 0.320 e. The molecule has 0 amide bonds. The third-order valence-electron chi connectivity index (χ3n) is 2.92. The molecule has 0 aliphatic carbocycles.